The van der Waals surface area contributed by atoms with Gasteiger partial charge in [0.25, 0.3) is 0 Å². The highest BCUT2D eigenvalue weighted by Crippen LogP contribution is 2.09. The van der Waals surface area contributed by atoms with Crippen molar-refractivity contribution < 1.29 is 42.9 Å². The van der Waals surface area contributed by atoms with Crippen LogP contribution in [0.4, 0.5) is 9.59 Å². The molecule has 0 fully saturated rings. The third-order valence-corrected chi connectivity index (χ3v) is 3.35. The van der Waals surface area contributed by atoms with Crippen LogP contribution in [-0.2, 0) is 33.3 Å². The number of rotatable bonds is 9. The first-order chi connectivity index (χ1) is 13.7. The zero-order chi connectivity index (χ0) is 23.5. The van der Waals surface area contributed by atoms with E-state index in [4.69, 9.17) is 9.47 Å². The molecule has 0 aliphatic carbocycles. The lowest BCUT2D eigenvalue weighted by Gasteiger charge is -2.23. The van der Waals surface area contributed by atoms with Crippen molar-refractivity contribution in [3.8, 4) is 0 Å². The van der Waals surface area contributed by atoms with Gasteiger partial charge in [-0.3, -0.25) is 4.79 Å². The van der Waals surface area contributed by atoms with Crippen LogP contribution in [0.5, 0.6) is 0 Å². The van der Waals surface area contributed by atoms with Crippen LogP contribution in [0.3, 0.4) is 0 Å². The number of esters is 2. The molecule has 0 saturated carbocycles. The van der Waals surface area contributed by atoms with Crippen molar-refractivity contribution in [2.24, 2.45) is 5.92 Å². The Morgan fingerprint density at radius 1 is 1.07 bits per heavy atom. The van der Waals surface area contributed by atoms with E-state index in [2.05, 4.69) is 14.8 Å². The molecule has 0 spiro atoms. The van der Waals surface area contributed by atoms with Crippen molar-refractivity contribution in [1.29, 1.82) is 0 Å². The zero-order valence-corrected chi connectivity index (χ0v) is 18.6. The van der Waals surface area contributed by atoms with Crippen molar-refractivity contribution in [2.45, 2.75) is 59.1 Å². The third-order valence-electron chi connectivity index (χ3n) is 3.35. The average Bonchev–Trinajstić information content (AvgIpc) is 2.60. The van der Waals surface area contributed by atoms with Crippen molar-refractivity contribution in [3.05, 3.63) is 0 Å². The lowest BCUT2D eigenvalue weighted by Crippen LogP contribution is -2.44. The lowest BCUT2D eigenvalue weighted by molar-refractivity contribution is -0.146. The number of amides is 2. The summed E-state index contributed by atoms with van der Waals surface area (Å²) in [5.41, 5.74) is -0.766. The van der Waals surface area contributed by atoms with Gasteiger partial charge in [0.15, 0.2) is 0 Å². The van der Waals surface area contributed by atoms with Crippen LogP contribution in [0.2, 0.25) is 0 Å². The maximum Gasteiger partial charge on any atom is 0.516 e. The summed E-state index contributed by atoms with van der Waals surface area (Å²) in [5, 5.41) is 2.35. The molecule has 0 heterocycles. The summed E-state index contributed by atoms with van der Waals surface area (Å²) in [5.74, 6) is -2.14. The van der Waals surface area contributed by atoms with Crippen molar-refractivity contribution in [2.75, 3.05) is 27.3 Å². The molecule has 0 aromatic heterocycles. The summed E-state index contributed by atoms with van der Waals surface area (Å²) >= 11 is 0. The number of carbonyl (C=O) groups is 5. The Bertz CT molecular complexity index is 626. The van der Waals surface area contributed by atoms with Gasteiger partial charge in [-0.1, -0.05) is 13.8 Å². The molecule has 11 heteroatoms. The van der Waals surface area contributed by atoms with Gasteiger partial charge in [-0.05, 0) is 33.1 Å². The van der Waals surface area contributed by atoms with Crippen LogP contribution in [-0.4, -0.2) is 73.9 Å². The number of alkyl carbamates (subject to hydrolysis) is 1. The van der Waals surface area contributed by atoms with E-state index in [1.807, 2.05) is 13.8 Å². The van der Waals surface area contributed by atoms with Crippen molar-refractivity contribution in [1.82, 2.24) is 10.2 Å². The lowest BCUT2D eigenvalue weighted by atomic mass is 10.1. The molecular weight excluding hydrogens is 400 g/mol. The van der Waals surface area contributed by atoms with E-state index >= 15 is 0 Å². The molecule has 0 rings (SSSR count). The van der Waals surface area contributed by atoms with Crippen molar-refractivity contribution in [3.63, 3.8) is 0 Å². The van der Waals surface area contributed by atoms with Crippen LogP contribution in [0.1, 0.15) is 47.5 Å². The maximum atomic E-state index is 12.2. The SMILES string of the molecule is COC(=O)[C@@H](CCC(=O)N(C)CC(=O)OC(=O)OCC(C)C)NC(=O)OC(C)(C)C. The van der Waals surface area contributed by atoms with E-state index < -0.39 is 48.3 Å². The maximum absolute atomic E-state index is 12.2. The highest BCUT2D eigenvalue weighted by atomic mass is 16.7. The molecule has 0 aromatic carbocycles. The molecule has 1 atom stereocenters. The number of ether oxygens (including phenoxy) is 4. The van der Waals surface area contributed by atoms with E-state index in [1.165, 1.54) is 7.05 Å². The van der Waals surface area contributed by atoms with Gasteiger partial charge in [0, 0.05) is 13.5 Å². The average molecular weight is 432 g/mol. The Labute approximate surface area is 176 Å². The minimum Gasteiger partial charge on any atom is -0.467 e. The molecule has 172 valence electrons. The fraction of sp³-hybridized carbons (Fsp3) is 0.737. The third kappa shape index (κ3) is 12.6. The molecule has 1 N–H and O–H groups in total. The van der Waals surface area contributed by atoms with Gasteiger partial charge in [0.1, 0.15) is 18.2 Å². The molecule has 0 aliphatic heterocycles. The van der Waals surface area contributed by atoms with Gasteiger partial charge in [-0.15, -0.1) is 0 Å². The van der Waals surface area contributed by atoms with Crippen LogP contribution < -0.4 is 5.32 Å². The Morgan fingerprint density at radius 3 is 2.17 bits per heavy atom. The highest BCUT2D eigenvalue weighted by molar-refractivity contribution is 5.87. The normalized spacial score (nSPS) is 11.9. The number of carbonyl (C=O) groups excluding carboxylic acids is 5. The second kappa shape index (κ2) is 12.7. The van der Waals surface area contributed by atoms with Crippen LogP contribution in [0.25, 0.3) is 0 Å². The molecule has 0 bridgehead atoms. The van der Waals surface area contributed by atoms with Gasteiger partial charge in [-0.2, -0.15) is 0 Å². The summed E-state index contributed by atoms with van der Waals surface area (Å²) < 4.78 is 18.9. The first-order valence-electron chi connectivity index (χ1n) is 9.43. The molecular formula is C19H32N2O9. The molecule has 30 heavy (non-hydrogen) atoms. The minimum atomic E-state index is -1.14. The Kier molecular flexibility index (Phi) is 11.5. The van der Waals surface area contributed by atoms with Crippen LogP contribution >= 0.6 is 0 Å². The Morgan fingerprint density at radius 2 is 1.67 bits per heavy atom. The van der Waals surface area contributed by atoms with E-state index in [0.29, 0.717) is 0 Å². The highest BCUT2D eigenvalue weighted by Gasteiger charge is 2.26. The molecule has 0 saturated heterocycles. The fourth-order valence-electron chi connectivity index (χ4n) is 1.97. The first kappa shape index (κ1) is 27.1. The van der Waals surface area contributed by atoms with Gasteiger partial charge >= 0.3 is 24.2 Å². The second-order valence-electron chi connectivity index (χ2n) is 7.94. The van der Waals surface area contributed by atoms with Crippen molar-refractivity contribution >= 4 is 30.1 Å². The largest absolute Gasteiger partial charge is 0.516 e. The predicted octanol–water partition coefficient (Wildman–Crippen LogP) is 1.63. The predicted molar refractivity (Wildman–Crippen MR) is 104 cm³/mol. The number of methoxy groups -OCH3 is 1. The molecule has 11 nitrogen and oxygen atoms in total. The minimum absolute atomic E-state index is 0.0777. The molecule has 0 aromatic rings. The number of likely N-dealkylation sites (N-methyl/N-ethyl adjacent to an activating group) is 1. The van der Waals surface area contributed by atoms with Gasteiger partial charge in [-0.25, -0.2) is 19.2 Å². The monoisotopic (exact) mass is 432 g/mol. The number of hydrogen-bond acceptors (Lipinski definition) is 9. The Balaban J connectivity index is 4.61. The van der Waals surface area contributed by atoms with Crippen LogP contribution in [0, 0.1) is 5.92 Å². The molecule has 0 unspecified atom stereocenters. The smallest absolute Gasteiger partial charge is 0.467 e. The summed E-state index contributed by atoms with van der Waals surface area (Å²) in [7, 11) is 2.48. The number of nitrogens with one attached hydrogen (secondary N) is 1. The summed E-state index contributed by atoms with van der Waals surface area (Å²) in [4.78, 5) is 60.1. The van der Waals surface area contributed by atoms with Gasteiger partial charge in [0.2, 0.25) is 5.91 Å². The summed E-state index contributed by atoms with van der Waals surface area (Å²) in [6, 6.07) is -1.11. The standard InChI is InChI=1S/C19H32N2O9/c1-12(2)11-28-18(26)29-15(23)10-21(6)14(22)9-8-13(16(24)27-7)20-17(25)30-19(3,4)5/h12-13H,8-11H2,1-7H3,(H,20,25)/t13-/m1/s1. The molecule has 0 radical (unpaired) electrons. The molecule has 0 aliphatic rings. The number of nitrogens with zero attached hydrogens (tertiary/aromatic N) is 1. The van der Waals surface area contributed by atoms with E-state index in [-0.39, 0.29) is 25.4 Å². The number of hydrogen-bond donors (Lipinski definition) is 1. The Hall–Kier alpha value is -2.85. The van der Waals surface area contributed by atoms with E-state index in [9.17, 15) is 24.0 Å². The second-order valence-corrected chi connectivity index (χ2v) is 7.94. The van der Waals surface area contributed by atoms with Gasteiger partial charge in [0.05, 0.1) is 13.7 Å². The quantitative estimate of drug-likeness (QED) is 0.327. The van der Waals surface area contributed by atoms with Gasteiger partial charge < -0.3 is 29.2 Å². The summed E-state index contributed by atoms with van der Waals surface area (Å²) in [6.07, 6.45) is -2.23. The topological polar surface area (TPSA) is 138 Å². The van der Waals surface area contributed by atoms with E-state index in [1.54, 1.807) is 20.8 Å². The fourth-order valence-corrected chi connectivity index (χ4v) is 1.97. The summed E-state index contributed by atoms with van der Waals surface area (Å²) in [6.45, 7) is 8.24. The van der Waals surface area contributed by atoms with Crippen LogP contribution in [0.15, 0.2) is 0 Å². The zero-order valence-electron chi connectivity index (χ0n) is 18.6. The first-order valence-corrected chi connectivity index (χ1v) is 9.43. The van der Waals surface area contributed by atoms with E-state index in [0.717, 1.165) is 12.0 Å². The molecule has 2 amide bonds.